The molecule has 0 spiro atoms. The van der Waals surface area contributed by atoms with Gasteiger partial charge < -0.3 is 10.2 Å². The van der Waals surface area contributed by atoms with Crippen LogP contribution in [0.4, 0.5) is 5.82 Å². The first-order valence-corrected chi connectivity index (χ1v) is 8.54. The number of pyridine rings is 1. The van der Waals surface area contributed by atoms with Crippen molar-refractivity contribution in [1.29, 1.82) is 0 Å². The van der Waals surface area contributed by atoms with Crippen LogP contribution >= 0.6 is 11.8 Å². The van der Waals surface area contributed by atoms with E-state index in [9.17, 15) is 0 Å². The molecule has 1 saturated carbocycles. The summed E-state index contributed by atoms with van der Waals surface area (Å²) in [6.07, 6.45) is 7.93. The third kappa shape index (κ3) is 4.39. The van der Waals surface area contributed by atoms with Crippen molar-refractivity contribution >= 4 is 17.6 Å². The maximum Gasteiger partial charge on any atom is 0.128 e. The molecule has 1 aromatic rings. The summed E-state index contributed by atoms with van der Waals surface area (Å²) in [5.74, 6) is 2.25. The summed E-state index contributed by atoms with van der Waals surface area (Å²) >= 11 is 1.90. The normalized spacial score (nSPS) is 16.4. The number of rotatable bonds is 8. The highest BCUT2D eigenvalue weighted by molar-refractivity contribution is 7.98. The Hall–Kier alpha value is -0.740. The van der Waals surface area contributed by atoms with E-state index in [0.29, 0.717) is 6.04 Å². The van der Waals surface area contributed by atoms with Gasteiger partial charge in [-0.05, 0) is 43.2 Å². The van der Waals surface area contributed by atoms with Crippen LogP contribution in [0.15, 0.2) is 18.3 Å². The van der Waals surface area contributed by atoms with E-state index in [4.69, 9.17) is 0 Å². The van der Waals surface area contributed by atoms with Gasteiger partial charge in [0, 0.05) is 37.6 Å². The fourth-order valence-electron chi connectivity index (χ4n) is 2.20. The first kappa shape index (κ1) is 14.7. The summed E-state index contributed by atoms with van der Waals surface area (Å²) in [7, 11) is 2.16. The van der Waals surface area contributed by atoms with Crippen LogP contribution in [0, 0.1) is 0 Å². The van der Waals surface area contributed by atoms with Gasteiger partial charge in [-0.25, -0.2) is 4.98 Å². The zero-order chi connectivity index (χ0) is 13.7. The summed E-state index contributed by atoms with van der Waals surface area (Å²) in [5.41, 5.74) is 1.34. The third-order valence-electron chi connectivity index (χ3n) is 3.72. The monoisotopic (exact) mass is 279 g/mol. The zero-order valence-corrected chi connectivity index (χ0v) is 13.0. The van der Waals surface area contributed by atoms with Gasteiger partial charge in [-0.1, -0.05) is 6.92 Å². The first-order chi connectivity index (χ1) is 9.24. The minimum Gasteiger partial charge on any atom is -0.356 e. The van der Waals surface area contributed by atoms with E-state index in [-0.39, 0.29) is 0 Å². The lowest BCUT2D eigenvalue weighted by atomic mass is 10.2. The van der Waals surface area contributed by atoms with Gasteiger partial charge in [0.2, 0.25) is 0 Å². The van der Waals surface area contributed by atoms with Gasteiger partial charge in [0.05, 0.1) is 0 Å². The molecular formula is C15H25N3S. The molecule has 0 radical (unpaired) electrons. The number of nitrogens with one attached hydrogen (secondary N) is 1. The number of anilines is 1. The number of hydrogen-bond donors (Lipinski definition) is 1. The van der Waals surface area contributed by atoms with Crippen LogP contribution in [-0.2, 0) is 6.54 Å². The van der Waals surface area contributed by atoms with Crippen LogP contribution in [0.1, 0.15) is 31.7 Å². The van der Waals surface area contributed by atoms with Gasteiger partial charge in [0.15, 0.2) is 0 Å². The number of aromatic nitrogens is 1. The minimum absolute atomic E-state index is 0.564. The minimum atomic E-state index is 0.564. The Morgan fingerprint density at radius 2 is 2.32 bits per heavy atom. The lowest BCUT2D eigenvalue weighted by molar-refractivity contribution is 0.661. The molecule has 1 N–H and O–H groups in total. The van der Waals surface area contributed by atoms with Crippen LogP contribution in [0.3, 0.4) is 0 Å². The molecule has 4 heteroatoms. The van der Waals surface area contributed by atoms with Crippen molar-refractivity contribution in [3.63, 3.8) is 0 Å². The zero-order valence-electron chi connectivity index (χ0n) is 12.2. The largest absolute Gasteiger partial charge is 0.356 e. The highest BCUT2D eigenvalue weighted by Crippen LogP contribution is 2.21. The van der Waals surface area contributed by atoms with Crippen molar-refractivity contribution in [3.8, 4) is 0 Å². The smallest absolute Gasteiger partial charge is 0.128 e. The molecule has 0 aliphatic heterocycles. The standard InChI is InChI=1S/C15H25N3S/c1-4-14(11-19-3)18(2)15-9-12(7-8-16-15)10-17-13-5-6-13/h7-9,13-14,17H,4-6,10-11H2,1-3H3. The molecule has 0 aromatic carbocycles. The Balaban J connectivity index is 1.98. The average molecular weight is 279 g/mol. The van der Waals surface area contributed by atoms with Gasteiger partial charge in [0.25, 0.3) is 0 Å². The number of nitrogens with zero attached hydrogens (tertiary/aromatic N) is 2. The highest BCUT2D eigenvalue weighted by atomic mass is 32.2. The molecule has 1 heterocycles. The Bertz CT molecular complexity index is 393. The van der Waals surface area contributed by atoms with E-state index in [1.807, 2.05) is 18.0 Å². The summed E-state index contributed by atoms with van der Waals surface area (Å²) in [4.78, 5) is 6.84. The van der Waals surface area contributed by atoms with Gasteiger partial charge in [-0.15, -0.1) is 0 Å². The summed E-state index contributed by atoms with van der Waals surface area (Å²) in [6.45, 7) is 3.21. The molecule has 0 bridgehead atoms. The Labute approximate surface area is 121 Å². The van der Waals surface area contributed by atoms with Crippen LogP contribution in [0.2, 0.25) is 0 Å². The molecule has 106 valence electrons. The lowest BCUT2D eigenvalue weighted by Crippen LogP contribution is -2.33. The first-order valence-electron chi connectivity index (χ1n) is 7.14. The predicted molar refractivity (Wildman–Crippen MR) is 85.0 cm³/mol. The van der Waals surface area contributed by atoms with E-state index < -0.39 is 0 Å². The van der Waals surface area contributed by atoms with Crippen molar-refractivity contribution in [2.45, 2.75) is 44.8 Å². The molecule has 1 aliphatic carbocycles. The fourth-order valence-corrected chi connectivity index (χ4v) is 3.04. The van der Waals surface area contributed by atoms with E-state index in [2.05, 4.69) is 47.6 Å². The second-order valence-electron chi connectivity index (χ2n) is 5.31. The third-order valence-corrected chi connectivity index (χ3v) is 4.44. The Morgan fingerprint density at radius 1 is 1.53 bits per heavy atom. The van der Waals surface area contributed by atoms with Crippen molar-refractivity contribution in [2.24, 2.45) is 0 Å². The van der Waals surface area contributed by atoms with Gasteiger partial charge in [-0.2, -0.15) is 11.8 Å². The fraction of sp³-hybridized carbons (Fsp3) is 0.667. The van der Waals surface area contributed by atoms with Crippen molar-refractivity contribution in [2.75, 3.05) is 24.0 Å². The molecule has 1 aliphatic rings. The number of thioether (sulfide) groups is 1. The van der Waals surface area contributed by atoms with Crippen molar-refractivity contribution in [3.05, 3.63) is 23.9 Å². The maximum atomic E-state index is 4.52. The molecule has 0 saturated heterocycles. The van der Waals surface area contributed by atoms with E-state index in [1.54, 1.807) is 0 Å². The SMILES string of the molecule is CCC(CSC)N(C)c1cc(CNC2CC2)ccn1. The van der Waals surface area contributed by atoms with E-state index in [1.165, 1.54) is 18.4 Å². The molecule has 19 heavy (non-hydrogen) atoms. The quantitative estimate of drug-likeness (QED) is 0.792. The van der Waals surface area contributed by atoms with Gasteiger partial charge >= 0.3 is 0 Å². The van der Waals surface area contributed by atoms with E-state index in [0.717, 1.165) is 30.6 Å². The average Bonchev–Trinajstić information content (AvgIpc) is 3.26. The van der Waals surface area contributed by atoms with Crippen molar-refractivity contribution < 1.29 is 0 Å². The lowest BCUT2D eigenvalue weighted by Gasteiger charge is -2.28. The molecule has 3 nitrogen and oxygen atoms in total. The summed E-state index contributed by atoms with van der Waals surface area (Å²) in [5, 5.41) is 3.56. The molecule has 2 rings (SSSR count). The van der Waals surface area contributed by atoms with Crippen LogP contribution in [0.5, 0.6) is 0 Å². The molecule has 1 unspecified atom stereocenters. The second-order valence-corrected chi connectivity index (χ2v) is 6.22. The molecule has 1 atom stereocenters. The molecule has 1 aromatic heterocycles. The van der Waals surface area contributed by atoms with Crippen LogP contribution in [-0.4, -0.2) is 36.1 Å². The second kappa shape index (κ2) is 7.15. The molecule has 0 amide bonds. The summed E-state index contributed by atoms with van der Waals surface area (Å²) < 4.78 is 0. The van der Waals surface area contributed by atoms with Gasteiger partial charge in [-0.3, -0.25) is 0 Å². The summed E-state index contributed by atoms with van der Waals surface area (Å²) in [6, 6.07) is 5.66. The topological polar surface area (TPSA) is 28.2 Å². The van der Waals surface area contributed by atoms with Gasteiger partial charge in [0.1, 0.15) is 5.82 Å². The molecule has 1 fully saturated rings. The Morgan fingerprint density at radius 3 is 2.95 bits per heavy atom. The van der Waals surface area contributed by atoms with Crippen LogP contribution < -0.4 is 10.2 Å². The maximum absolute atomic E-state index is 4.52. The Kier molecular flexibility index (Phi) is 5.52. The number of hydrogen-bond acceptors (Lipinski definition) is 4. The molecular weight excluding hydrogens is 254 g/mol. The van der Waals surface area contributed by atoms with Crippen molar-refractivity contribution in [1.82, 2.24) is 10.3 Å². The highest BCUT2D eigenvalue weighted by Gasteiger charge is 2.20. The predicted octanol–water partition coefficient (Wildman–Crippen LogP) is 2.91. The van der Waals surface area contributed by atoms with Crippen LogP contribution in [0.25, 0.3) is 0 Å². The van der Waals surface area contributed by atoms with E-state index >= 15 is 0 Å².